The van der Waals surface area contributed by atoms with E-state index in [0.717, 1.165) is 4.68 Å². The van der Waals surface area contributed by atoms with Crippen molar-refractivity contribution >= 4 is 39.9 Å². The van der Waals surface area contributed by atoms with E-state index >= 15 is 0 Å². The number of fused-ring (bicyclic) bond motifs is 1. The van der Waals surface area contributed by atoms with Crippen molar-refractivity contribution in [3.8, 4) is 0 Å². The smallest absolute Gasteiger partial charge is 0.359 e. The number of hydrogen-bond acceptors (Lipinski definition) is 5. The number of nitrogens with one attached hydrogen (secondary N) is 1. The zero-order valence-corrected chi connectivity index (χ0v) is 14.5. The Labute approximate surface area is 153 Å². The zero-order chi connectivity index (χ0) is 18.7. The molecule has 0 radical (unpaired) electrons. The lowest BCUT2D eigenvalue weighted by Gasteiger charge is -2.09. The molecule has 8 heteroatoms. The number of nitrogens with zero attached hydrogens (tertiary/aromatic N) is 2. The van der Waals surface area contributed by atoms with Crippen LogP contribution in [0.5, 0.6) is 0 Å². The molecule has 1 amide bonds. The Balaban J connectivity index is 1.75. The number of hydrogen-bond donors (Lipinski definition) is 1. The number of ether oxygens (including phenoxy) is 1. The molecule has 0 aliphatic heterocycles. The van der Waals surface area contributed by atoms with E-state index in [1.165, 1.54) is 7.05 Å². The lowest BCUT2D eigenvalue weighted by Crippen LogP contribution is -2.26. The Kier molecular flexibility index (Phi) is 4.99. The van der Waals surface area contributed by atoms with Gasteiger partial charge in [0.25, 0.3) is 11.5 Å². The van der Waals surface area contributed by atoms with Crippen LogP contribution in [-0.4, -0.2) is 28.3 Å². The summed E-state index contributed by atoms with van der Waals surface area (Å²) in [7, 11) is 1.44. The van der Waals surface area contributed by atoms with Crippen molar-refractivity contribution in [2.45, 2.75) is 0 Å². The molecule has 0 fully saturated rings. The summed E-state index contributed by atoms with van der Waals surface area (Å²) < 4.78 is 6.09. The van der Waals surface area contributed by atoms with Crippen molar-refractivity contribution in [1.82, 2.24) is 9.78 Å². The number of aromatic nitrogens is 2. The van der Waals surface area contributed by atoms with Crippen LogP contribution in [0.25, 0.3) is 10.8 Å². The fourth-order valence-electron chi connectivity index (χ4n) is 2.41. The minimum absolute atomic E-state index is 0.0294. The van der Waals surface area contributed by atoms with Gasteiger partial charge in [-0.05, 0) is 24.3 Å². The molecule has 1 aromatic heterocycles. The summed E-state index contributed by atoms with van der Waals surface area (Å²) in [5.74, 6) is -1.31. The Morgan fingerprint density at radius 2 is 1.88 bits per heavy atom. The van der Waals surface area contributed by atoms with Crippen LogP contribution in [0.1, 0.15) is 10.5 Å². The van der Waals surface area contributed by atoms with Crippen LogP contribution in [-0.2, 0) is 16.6 Å². The van der Waals surface area contributed by atoms with Gasteiger partial charge in [-0.1, -0.05) is 35.9 Å². The van der Waals surface area contributed by atoms with Crippen LogP contribution in [0.3, 0.4) is 0 Å². The first-order valence-electron chi connectivity index (χ1n) is 7.64. The van der Waals surface area contributed by atoms with E-state index in [2.05, 4.69) is 10.4 Å². The van der Waals surface area contributed by atoms with E-state index in [1.54, 1.807) is 48.5 Å². The van der Waals surface area contributed by atoms with Crippen LogP contribution in [0.2, 0.25) is 5.02 Å². The summed E-state index contributed by atoms with van der Waals surface area (Å²) in [5, 5.41) is 7.72. The first-order valence-corrected chi connectivity index (χ1v) is 8.02. The van der Waals surface area contributed by atoms with E-state index in [1.807, 2.05) is 0 Å². The molecule has 7 nitrogen and oxygen atoms in total. The minimum atomic E-state index is -0.793. The van der Waals surface area contributed by atoms with Gasteiger partial charge in [0, 0.05) is 23.1 Å². The number of amides is 1. The van der Waals surface area contributed by atoms with Crippen molar-refractivity contribution in [3.05, 3.63) is 69.6 Å². The lowest BCUT2D eigenvalue weighted by atomic mass is 10.1. The van der Waals surface area contributed by atoms with Crippen molar-refractivity contribution < 1.29 is 14.3 Å². The monoisotopic (exact) mass is 371 g/mol. The van der Waals surface area contributed by atoms with Gasteiger partial charge in [0.2, 0.25) is 0 Å². The second kappa shape index (κ2) is 7.37. The molecule has 0 aliphatic carbocycles. The molecule has 0 spiro atoms. The molecule has 3 rings (SSSR count). The molecule has 0 unspecified atom stereocenters. The molecule has 132 valence electrons. The number of aryl methyl sites for hydroxylation is 1. The summed E-state index contributed by atoms with van der Waals surface area (Å²) in [6, 6.07) is 13.2. The highest BCUT2D eigenvalue weighted by Crippen LogP contribution is 2.16. The van der Waals surface area contributed by atoms with E-state index in [-0.39, 0.29) is 11.3 Å². The zero-order valence-electron chi connectivity index (χ0n) is 13.7. The summed E-state index contributed by atoms with van der Waals surface area (Å²) in [6.45, 7) is -0.496. The Bertz CT molecular complexity index is 1060. The average molecular weight is 372 g/mol. The van der Waals surface area contributed by atoms with Gasteiger partial charge in [0.05, 0.1) is 5.39 Å². The highest BCUT2D eigenvalue weighted by Gasteiger charge is 2.18. The molecular weight excluding hydrogens is 358 g/mol. The summed E-state index contributed by atoms with van der Waals surface area (Å²) in [6.07, 6.45) is 0. The molecule has 0 bridgehead atoms. The Morgan fingerprint density at radius 3 is 2.62 bits per heavy atom. The fraction of sp³-hybridized carbons (Fsp3) is 0.111. The van der Waals surface area contributed by atoms with E-state index in [4.69, 9.17) is 16.3 Å². The lowest BCUT2D eigenvalue weighted by molar-refractivity contribution is -0.119. The molecule has 2 aromatic carbocycles. The number of esters is 1. The van der Waals surface area contributed by atoms with E-state index in [0.29, 0.717) is 21.5 Å². The van der Waals surface area contributed by atoms with Crippen LogP contribution < -0.4 is 10.9 Å². The van der Waals surface area contributed by atoms with Gasteiger partial charge in [-0.15, -0.1) is 0 Å². The number of anilines is 1. The van der Waals surface area contributed by atoms with Crippen LogP contribution in [0.15, 0.2) is 53.3 Å². The number of rotatable bonds is 4. The molecule has 26 heavy (non-hydrogen) atoms. The maximum absolute atomic E-state index is 12.3. The van der Waals surface area contributed by atoms with E-state index < -0.39 is 18.5 Å². The summed E-state index contributed by atoms with van der Waals surface area (Å²) >= 11 is 5.85. The maximum Gasteiger partial charge on any atom is 0.359 e. The number of halogens is 1. The van der Waals surface area contributed by atoms with Gasteiger partial charge in [0.15, 0.2) is 12.3 Å². The average Bonchev–Trinajstić information content (AvgIpc) is 2.63. The first-order chi connectivity index (χ1) is 12.5. The van der Waals surface area contributed by atoms with Gasteiger partial charge in [-0.2, -0.15) is 5.10 Å². The molecule has 0 saturated carbocycles. The standard InChI is InChI=1S/C18H14ClN3O4/c1-22-17(24)14-8-3-2-7-13(14)16(21-22)18(25)26-10-15(23)20-12-6-4-5-11(19)9-12/h2-9H,10H2,1H3,(H,20,23). The predicted molar refractivity (Wildman–Crippen MR) is 97.3 cm³/mol. The van der Waals surface area contributed by atoms with Crippen molar-refractivity contribution in [1.29, 1.82) is 0 Å². The Morgan fingerprint density at radius 1 is 1.15 bits per heavy atom. The second-order valence-electron chi connectivity index (χ2n) is 5.46. The highest BCUT2D eigenvalue weighted by atomic mass is 35.5. The molecule has 1 heterocycles. The second-order valence-corrected chi connectivity index (χ2v) is 5.89. The number of carbonyl (C=O) groups is 2. The van der Waals surface area contributed by atoms with Crippen LogP contribution in [0.4, 0.5) is 5.69 Å². The molecule has 3 aromatic rings. The van der Waals surface area contributed by atoms with Gasteiger partial charge in [-0.25, -0.2) is 9.48 Å². The van der Waals surface area contributed by atoms with Gasteiger partial charge in [-0.3, -0.25) is 9.59 Å². The minimum Gasteiger partial charge on any atom is -0.451 e. The molecular formula is C18H14ClN3O4. The summed E-state index contributed by atoms with van der Waals surface area (Å²) in [4.78, 5) is 36.3. The number of carbonyl (C=O) groups excluding carboxylic acids is 2. The molecule has 0 aliphatic rings. The molecule has 0 atom stereocenters. The Hall–Kier alpha value is -3.19. The number of benzene rings is 2. The molecule has 1 N–H and O–H groups in total. The van der Waals surface area contributed by atoms with Crippen molar-refractivity contribution in [3.63, 3.8) is 0 Å². The van der Waals surface area contributed by atoms with Crippen molar-refractivity contribution in [2.24, 2.45) is 7.05 Å². The van der Waals surface area contributed by atoms with Crippen LogP contribution >= 0.6 is 11.6 Å². The van der Waals surface area contributed by atoms with E-state index in [9.17, 15) is 14.4 Å². The summed E-state index contributed by atoms with van der Waals surface area (Å²) in [5.41, 5.74) is 0.137. The van der Waals surface area contributed by atoms with Crippen molar-refractivity contribution in [2.75, 3.05) is 11.9 Å². The quantitative estimate of drug-likeness (QED) is 0.711. The third-order valence-corrected chi connectivity index (χ3v) is 3.83. The van der Waals surface area contributed by atoms with Gasteiger partial charge >= 0.3 is 5.97 Å². The maximum atomic E-state index is 12.3. The van der Waals surface area contributed by atoms with Crippen LogP contribution in [0, 0.1) is 0 Å². The third-order valence-electron chi connectivity index (χ3n) is 3.59. The topological polar surface area (TPSA) is 90.3 Å². The fourth-order valence-corrected chi connectivity index (χ4v) is 2.60. The first kappa shape index (κ1) is 17.6. The normalized spacial score (nSPS) is 10.5. The SMILES string of the molecule is Cn1nc(C(=O)OCC(=O)Nc2cccc(Cl)c2)c2ccccc2c1=O. The van der Waals surface area contributed by atoms with Gasteiger partial charge in [0.1, 0.15) is 0 Å². The highest BCUT2D eigenvalue weighted by molar-refractivity contribution is 6.30. The predicted octanol–water partition coefficient (Wildman–Crippen LogP) is 2.38. The largest absolute Gasteiger partial charge is 0.451 e. The third kappa shape index (κ3) is 3.73. The van der Waals surface area contributed by atoms with Gasteiger partial charge < -0.3 is 10.1 Å². The molecule has 0 saturated heterocycles.